The molecule has 0 aliphatic heterocycles. The fourth-order valence-corrected chi connectivity index (χ4v) is 2.80. The van der Waals surface area contributed by atoms with Crippen LogP contribution in [0.3, 0.4) is 0 Å². The van der Waals surface area contributed by atoms with E-state index in [0.717, 1.165) is 0 Å². The van der Waals surface area contributed by atoms with Gasteiger partial charge in [0.1, 0.15) is 0 Å². The molecular weight excluding hydrogens is 196 g/mol. The summed E-state index contributed by atoms with van der Waals surface area (Å²) in [7, 11) is 2.17. The molecule has 1 aliphatic carbocycles. The van der Waals surface area contributed by atoms with E-state index in [4.69, 9.17) is 5.73 Å². The zero-order chi connectivity index (χ0) is 11.7. The minimum atomic E-state index is 0.339. The van der Waals surface area contributed by atoms with Crippen LogP contribution in [-0.2, 0) is 0 Å². The molecule has 2 rings (SSSR count). The van der Waals surface area contributed by atoms with Gasteiger partial charge in [0.2, 0.25) is 0 Å². The summed E-state index contributed by atoms with van der Waals surface area (Å²) in [5, 5.41) is 0. The van der Waals surface area contributed by atoms with Crippen molar-refractivity contribution in [2.24, 2.45) is 5.73 Å². The molecule has 2 atom stereocenters. The van der Waals surface area contributed by atoms with E-state index in [2.05, 4.69) is 44.0 Å². The molecule has 0 radical (unpaired) electrons. The maximum Gasteiger partial charge on any atom is 0.0437 e. The first kappa shape index (κ1) is 11.5. The third kappa shape index (κ3) is 2.22. The highest BCUT2D eigenvalue weighted by Gasteiger charge is 2.27. The molecule has 1 fully saturated rings. The average Bonchev–Trinajstić information content (AvgIpc) is 2.62. The highest BCUT2D eigenvalue weighted by Crippen LogP contribution is 2.27. The minimum absolute atomic E-state index is 0.339. The lowest BCUT2D eigenvalue weighted by Gasteiger charge is -2.30. The zero-order valence-corrected chi connectivity index (χ0v) is 10.5. The highest BCUT2D eigenvalue weighted by atomic mass is 15.2. The first-order valence-electron chi connectivity index (χ1n) is 6.14. The van der Waals surface area contributed by atoms with E-state index in [9.17, 15) is 0 Å². The van der Waals surface area contributed by atoms with Crippen molar-refractivity contribution in [2.45, 2.75) is 45.2 Å². The number of rotatable bonds is 2. The molecular formula is C14H22N2. The fraction of sp³-hybridized carbons (Fsp3) is 0.571. The summed E-state index contributed by atoms with van der Waals surface area (Å²) >= 11 is 0. The van der Waals surface area contributed by atoms with Crippen molar-refractivity contribution in [1.29, 1.82) is 0 Å². The van der Waals surface area contributed by atoms with Crippen molar-refractivity contribution in [1.82, 2.24) is 0 Å². The first-order valence-corrected chi connectivity index (χ1v) is 6.14. The van der Waals surface area contributed by atoms with E-state index in [1.165, 1.54) is 36.1 Å². The Labute approximate surface area is 98.4 Å². The molecule has 0 heterocycles. The van der Waals surface area contributed by atoms with E-state index in [-0.39, 0.29) is 0 Å². The maximum atomic E-state index is 6.15. The van der Waals surface area contributed by atoms with Crippen LogP contribution in [0.25, 0.3) is 0 Å². The van der Waals surface area contributed by atoms with Gasteiger partial charge in [-0.2, -0.15) is 0 Å². The number of hydrogen-bond acceptors (Lipinski definition) is 2. The summed E-state index contributed by atoms with van der Waals surface area (Å²) < 4.78 is 0. The molecule has 2 unspecified atom stereocenters. The quantitative estimate of drug-likeness (QED) is 0.827. The molecule has 2 N–H and O–H groups in total. The zero-order valence-electron chi connectivity index (χ0n) is 10.5. The van der Waals surface area contributed by atoms with E-state index in [1.54, 1.807) is 0 Å². The van der Waals surface area contributed by atoms with E-state index in [1.807, 2.05) is 0 Å². The molecule has 1 aliphatic rings. The Balaban J connectivity index is 2.22. The maximum absolute atomic E-state index is 6.15. The number of anilines is 1. The van der Waals surface area contributed by atoms with Crippen LogP contribution < -0.4 is 10.6 Å². The molecule has 88 valence electrons. The van der Waals surface area contributed by atoms with Gasteiger partial charge in [0, 0.05) is 24.8 Å². The van der Waals surface area contributed by atoms with Crippen LogP contribution in [0.2, 0.25) is 0 Å². The number of hydrogen-bond donors (Lipinski definition) is 1. The summed E-state index contributed by atoms with van der Waals surface area (Å²) in [4.78, 5) is 2.36. The standard InChI is InChI=1S/C14H22N2/c1-10-7-11(2)9-12(8-10)16(3)14-6-4-5-13(14)15/h7-9,13-14H,4-6,15H2,1-3H3. The van der Waals surface area contributed by atoms with Crippen molar-refractivity contribution in [3.05, 3.63) is 29.3 Å². The SMILES string of the molecule is Cc1cc(C)cc(N(C)C2CCCC2N)c1. The molecule has 0 saturated heterocycles. The summed E-state index contributed by atoms with van der Waals surface area (Å²) in [6, 6.07) is 7.56. The first-order chi connectivity index (χ1) is 7.58. The third-order valence-corrected chi connectivity index (χ3v) is 3.64. The van der Waals surface area contributed by atoms with E-state index < -0.39 is 0 Å². The normalized spacial score (nSPS) is 24.8. The lowest BCUT2D eigenvalue weighted by atomic mass is 10.1. The minimum Gasteiger partial charge on any atom is -0.370 e. The Morgan fingerprint density at radius 3 is 2.25 bits per heavy atom. The van der Waals surface area contributed by atoms with Crippen molar-refractivity contribution in [3.8, 4) is 0 Å². The number of aryl methyl sites for hydroxylation is 2. The van der Waals surface area contributed by atoms with Gasteiger partial charge in [0.25, 0.3) is 0 Å². The van der Waals surface area contributed by atoms with Crippen molar-refractivity contribution >= 4 is 5.69 Å². The van der Waals surface area contributed by atoms with Gasteiger partial charge in [-0.25, -0.2) is 0 Å². The summed E-state index contributed by atoms with van der Waals surface area (Å²) in [6.07, 6.45) is 3.66. The van der Waals surface area contributed by atoms with Crippen LogP contribution in [0.5, 0.6) is 0 Å². The van der Waals surface area contributed by atoms with Gasteiger partial charge < -0.3 is 10.6 Å². The van der Waals surface area contributed by atoms with Crippen LogP contribution >= 0.6 is 0 Å². The van der Waals surface area contributed by atoms with Gasteiger partial charge in [0.15, 0.2) is 0 Å². The third-order valence-electron chi connectivity index (χ3n) is 3.64. The van der Waals surface area contributed by atoms with E-state index in [0.29, 0.717) is 12.1 Å². The predicted octanol–water partition coefficient (Wildman–Crippen LogP) is 2.62. The predicted molar refractivity (Wildman–Crippen MR) is 69.9 cm³/mol. The summed E-state index contributed by atoms with van der Waals surface area (Å²) in [6.45, 7) is 4.30. The summed E-state index contributed by atoms with van der Waals surface area (Å²) in [5.74, 6) is 0. The fourth-order valence-electron chi connectivity index (χ4n) is 2.80. The number of nitrogens with two attached hydrogens (primary N) is 1. The van der Waals surface area contributed by atoms with Gasteiger partial charge in [-0.3, -0.25) is 0 Å². The largest absolute Gasteiger partial charge is 0.370 e. The Morgan fingerprint density at radius 1 is 1.12 bits per heavy atom. The average molecular weight is 218 g/mol. The van der Waals surface area contributed by atoms with Gasteiger partial charge in [-0.1, -0.05) is 6.07 Å². The Kier molecular flexibility index (Phi) is 3.20. The van der Waals surface area contributed by atoms with Crippen molar-refractivity contribution in [2.75, 3.05) is 11.9 Å². The molecule has 0 spiro atoms. The molecule has 0 bridgehead atoms. The second kappa shape index (κ2) is 4.46. The van der Waals surface area contributed by atoms with Crippen LogP contribution in [0.4, 0.5) is 5.69 Å². The topological polar surface area (TPSA) is 29.3 Å². The number of benzene rings is 1. The lowest BCUT2D eigenvalue weighted by Crippen LogP contribution is -2.42. The lowest BCUT2D eigenvalue weighted by molar-refractivity contribution is 0.572. The van der Waals surface area contributed by atoms with Crippen LogP contribution in [0.1, 0.15) is 30.4 Å². The van der Waals surface area contributed by atoms with Gasteiger partial charge in [-0.05, 0) is 56.4 Å². The monoisotopic (exact) mass is 218 g/mol. The Bertz CT molecular complexity index is 353. The molecule has 1 aromatic rings. The molecule has 16 heavy (non-hydrogen) atoms. The van der Waals surface area contributed by atoms with Gasteiger partial charge in [0.05, 0.1) is 0 Å². The van der Waals surface area contributed by atoms with Crippen LogP contribution in [0.15, 0.2) is 18.2 Å². The highest BCUT2D eigenvalue weighted by molar-refractivity contribution is 5.51. The van der Waals surface area contributed by atoms with Crippen LogP contribution in [-0.4, -0.2) is 19.1 Å². The Hall–Kier alpha value is -1.02. The summed E-state index contributed by atoms with van der Waals surface area (Å²) in [5.41, 5.74) is 10.1. The molecule has 0 amide bonds. The molecule has 1 aromatic carbocycles. The van der Waals surface area contributed by atoms with E-state index >= 15 is 0 Å². The number of nitrogens with zero attached hydrogens (tertiary/aromatic N) is 1. The van der Waals surface area contributed by atoms with Crippen LogP contribution in [0, 0.1) is 13.8 Å². The molecule has 1 saturated carbocycles. The molecule has 0 aromatic heterocycles. The van der Waals surface area contributed by atoms with Crippen molar-refractivity contribution in [3.63, 3.8) is 0 Å². The molecule has 2 heteroatoms. The molecule has 2 nitrogen and oxygen atoms in total. The second-order valence-electron chi connectivity index (χ2n) is 5.12. The van der Waals surface area contributed by atoms with Gasteiger partial charge >= 0.3 is 0 Å². The smallest absolute Gasteiger partial charge is 0.0437 e. The number of likely N-dealkylation sites (N-methyl/N-ethyl adjacent to an activating group) is 1. The van der Waals surface area contributed by atoms with Gasteiger partial charge in [-0.15, -0.1) is 0 Å². The Morgan fingerprint density at radius 2 is 1.75 bits per heavy atom. The second-order valence-corrected chi connectivity index (χ2v) is 5.12. The van der Waals surface area contributed by atoms with Crippen molar-refractivity contribution < 1.29 is 0 Å².